The number of aliphatic carboxylic acids is 1. The summed E-state index contributed by atoms with van der Waals surface area (Å²) in [5.41, 5.74) is 0.601. The van der Waals surface area contributed by atoms with E-state index < -0.39 is 5.97 Å². The molecule has 25 heavy (non-hydrogen) atoms. The monoisotopic (exact) mass is 354 g/mol. The van der Waals surface area contributed by atoms with Crippen molar-refractivity contribution < 1.29 is 15.0 Å². The van der Waals surface area contributed by atoms with E-state index in [0.717, 1.165) is 25.2 Å². The largest absolute Gasteiger partial charge is 0.481 e. The molecular formula is C22H42O3. The van der Waals surface area contributed by atoms with Gasteiger partial charge < -0.3 is 10.2 Å². The fraction of sp³-hybridized carbons (Fsp3) is 0.955. The Morgan fingerprint density at radius 2 is 1.48 bits per heavy atom. The van der Waals surface area contributed by atoms with Crippen molar-refractivity contribution >= 4 is 5.97 Å². The Bertz CT molecular complexity index is 391. The molecule has 0 aliphatic heterocycles. The predicted octanol–water partition coefficient (Wildman–Crippen LogP) is 6.19. The van der Waals surface area contributed by atoms with Gasteiger partial charge in [0.25, 0.3) is 0 Å². The molecule has 2 rings (SSSR count). The number of carboxylic acids is 1. The fourth-order valence-electron chi connectivity index (χ4n) is 4.75. The molecule has 0 radical (unpaired) electrons. The first kappa shape index (κ1) is 22.5. The van der Waals surface area contributed by atoms with Crippen LogP contribution in [0, 0.1) is 16.7 Å². The SMILES string of the molecule is CC1(C)[C@@H]2CC[C@]1(C)[C@@H](O)C2.CCCCCCCCCCCC(=O)O. The van der Waals surface area contributed by atoms with Crippen LogP contribution in [-0.2, 0) is 4.79 Å². The van der Waals surface area contributed by atoms with E-state index in [4.69, 9.17) is 5.11 Å². The zero-order chi connectivity index (χ0) is 18.9. The third kappa shape index (κ3) is 6.27. The summed E-state index contributed by atoms with van der Waals surface area (Å²) >= 11 is 0. The quantitative estimate of drug-likeness (QED) is 0.460. The van der Waals surface area contributed by atoms with E-state index in [2.05, 4.69) is 27.7 Å². The Morgan fingerprint density at radius 3 is 1.80 bits per heavy atom. The Kier molecular flexibility index (Phi) is 9.48. The molecule has 0 aromatic carbocycles. The molecule has 0 aromatic heterocycles. The molecule has 2 bridgehead atoms. The highest BCUT2D eigenvalue weighted by atomic mass is 16.4. The summed E-state index contributed by atoms with van der Waals surface area (Å²) in [6.07, 6.45) is 15.1. The number of aliphatic hydroxyl groups is 1. The summed E-state index contributed by atoms with van der Waals surface area (Å²) in [4.78, 5) is 10.2. The molecule has 2 saturated carbocycles. The summed E-state index contributed by atoms with van der Waals surface area (Å²) in [5, 5.41) is 18.2. The lowest BCUT2D eigenvalue weighted by Crippen LogP contribution is -2.35. The van der Waals surface area contributed by atoms with Gasteiger partial charge in [-0.3, -0.25) is 4.79 Å². The highest BCUT2D eigenvalue weighted by molar-refractivity contribution is 5.66. The van der Waals surface area contributed by atoms with Gasteiger partial charge in [-0.25, -0.2) is 0 Å². The highest BCUT2D eigenvalue weighted by Crippen LogP contribution is 2.65. The van der Waals surface area contributed by atoms with E-state index in [1.54, 1.807) is 0 Å². The maximum absolute atomic E-state index is 10.2. The van der Waals surface area contributed by atoms with Crippen molar-refractivity contribution in [1.82, 2.24) is 0 Å². The van der Waals surface area contributed by atoms with Crippen LogP contribution in [0.1, 0.15) is 111 Å². The first-order valence-corrected chi connectivity index (χ1v) is 10.7. The van der Waals surface area contributed by atoms with Gasteiger partial charge in [0, 0.05) is 6.42 Å². The summed E-state index contributed by atoms with van der Waals surface area (Å²) < 4.78 is 0. The van der Waals surface area contributed by atoms with E-state index >= 15 is 0 Å². The van der Waals surface area contributed by atoms with Crippen LogP contribution in [0.25, 0.3) is 0 Å². The van der Waals surface area contributed by atoms with Crippen molar-refractivity contribution in [3.8, 4) is 0 Å². The van der Waals surface area contributed by atoms with Gasteiger partial charge in [0.15, 0.2) is 0 Å². The third-order valence-electron chi connectivity index (χ3n) is 7.24. The van der Waals surface area contributed by atoms with E-state index in [0.29, 0.717) is 11.8 Å². The van der Waals surface area contributed by atoms with Crippen molar-refractivity contribution in [1.29, 1.82) is 0 Å². The van der Waals surface area contributed by atoms with Crippen LogP contribution in [-0.4, -0.2) is 22.3 Å². The molecule has 3 atom stereocenters. The molecule has 0 saturated heterocycles. The van der Waals surface area contributed by atoms with Crippen LogP contribution in [0.3, 0.4) is 0 Å². The number of hydrogen-bond donors (Lipinski definition) is 2. The molecule has 2 N–H and O–H groups in total. The molecule has 0 amide bonds. The summed E-state index contributed by atoms with van der Waals surface area (Å²) in [7, 11) is 0. The van der Waals surface area contributed by atoms with Gasteiger partial charge in [-0.15, -0.1) is 0 Å². The smallest absolute Gasteiger partial charge is 0.303 e. The second-order valence-electron chi connectivity index (χ2n) is 9.10. The van der Waals surface area contributed by atoms with Gasteiger partial charge in [-0.2, -0.15) is 0 Å². The number of unbranched alkanes of at least 4 members (excludes halogenated alkanes) is 8. The standard InChI is InChI=1S/C12H24O2.C10H18O/c1-2-3-4-5-6-7-8-9-10-11-12(13)14;1-9(2)7-4-5-10(9,3)8(11)6-7/h2-11H2,1H3,(H,13,14);7-8,11H,4-6H2,1-3H3/t;7-,8+,10-/m.1/s1. The molecule has 148 valence electrons. The maximum Gasteiger partial charge on any atom is 0.303 e. The maximum atomic E-state index is 10.2. The average Bonchev–Trinajstić information content (AvgIpc) is 2.87. The lowest BCUT2D eigenvalue weighted by Gasteiger charge is -2.36. The minimum Gasteiger partial charge on any atom is -0.481 e. The molecule has 3 nitrogen and oxygen atoms in total. The van der Waals surface area contributed by atoms with Crippen molar-refractivity contribution in [3.05, 3.63) is 0 Å². The van der Waals surface area contributed by atoms with Gasteiger partial charge in [-0.1, -0.05) is 79.1 Å². The number of carboxylic acid groups (broad SMARTS) is 1. The van der Waals surface area contributed by atoms with Gasteiger partial charge in [-0.05, 0) is 42.4 Å². The molecule has 0 unspecified atom stereocenters. The second-order valence-corrected chi connectivity index (χ2v) is 9.10. The second kappa shape index (κ2) is 10.5. The normalized spacial score (nSPS) is 29.3. The Balaban J connectivity index is 0.000000255. The number of fused-ring (bicyclic) bond motifs is 2. The van der Waals surface area contributed by atoms with Gasteiger partial charge in [0.2, 0.25) is 0 Å². The van der Waals surface area contributed by atoms with Crippen molar-refractivity contribution in [2.24, 2.45) is 16.7 Å². The van der Waals surface area contributed by atoms with Crippen LogP contribution in [0.4, 0.5) is 0 Å². The Morgan fingerprint density at radius 1 is 0.960 bits per heavy atom. The lowest BCUT2D eigenvalue weighted by molar-refractivity contribution is -0.137. The van der Waals surface area contributed by atoms with Gasteiger partial charge in [0.1, 0.15) is 0 Å². The molecule has 2 fully saturated rings. The minimum atomic E-state index is -0.659. The van der Waals surface area contributed by atoms with Crippen molar-refractivity contribution in [3.63, 3.8) is 0 Å². The molecule has 2 aliphatic carbocycles. The number of hydrogen-bond acceptors (Lipinski definition) is 2. The molecular weight excluding hydrogens is 312 g/mol. The minimum absolute atomic E-state index is 0.0313. The topological polar surface area (TPSA) is 57.5 Å². The lowest BCUT2D eigenvalue weighted by atomic mass is 9.70. The van der Waals surface area contributed by atoms with Crippen LogP contribution >= 0.6 is 0 Å². The summed E-state index contributed by atoms with van der Waals surface area (Å²) in [6.45, 7) is 9.12. The van der Waals surface area contributed by atoms with Crippen LogP contribution in [0.5, 0.6) is 0 Å². The van der Waals surface area contributed by atoms with E-state index in [9.17, 15) is 9.90 Å². The zero-order valence-electron chi connectivity index (χ0n) is 17.1. The third-order valence-corrected chi connectivity index (χ3v) is 7.24. The van der Waals surface area contributed by atoms with Crippen molar-refractivity contribution in [2.75, 3.05) is 0 Å². The van der Waals surface area contributed by atoms with Gasteiger partial charge >= 0.3 is 5.97 Å². The van der Waals surface area contributed by atoms with Gasteiger partial charge in [0.05, 0.1) is 6.10 Å². The van der Waals surface area contributed by atoms with Crippen LogP contribution < -0.4 is 0 Å². The van der Waals surface area contributed by atoms with Crippen molar-refractivity contribution in [2.45, 2.75) is 117 Å². The number of rotatable bonds is 10. The summed E-state index contributed by atoms with van der Waals surface area (Å²) in [6, 6.07) is 0. The Labute approximate surface area is 155 Å². The van der Waals surface area contributed by atoms with Crippen LogP contribution in [0.15, 0.2) is 0 Å². The molecule has 0 heterocycles. The molecule has 2 aliphatic rings. The van der Waals surface area contributed by atoms with E-state index in [-0.39, 0.29) is 11.5 Å². The highest BCUT2D eigenvalue weighted by Gasteiger charge is 2.60. The zero-order valence-corrected chi connectivity index (χ0v) is 17.1. The molecule has 0 spiro atoms. The summed E-state index contributed by atoms with van der Waals surface area (Å²) in [5.74, 6) is 0.121. The van der Waals surface area contributed by atoms with E-state index in [1.807, 2.05) is 0 Å². The number of carbonyl (C=O) groups is 1. The first-order valence-electron chi connectivity index (χ1n) is 10.7. The molecule has 3 heteroatoms. The predicted molar refractivity (Wildman–Crippen MR) is 105 cm³/mol. The number of aliphatic hydroxyl groups excluding tert-OH is 1. The van der Waals surface area contributed by atoms with Crippen LogP contribution in [0.2, 0.25) is 0 Å². The molecule has 0 aromatic rings. The fourth-order valence-corrected chi connectivity index (χ4v) is 4.75. The Hall–Kier alpha value is -0.570. The average molecular weight is 355 g/mol. The first-order chi connectivity index (χ1) is 11.8. The van der Waals surface area contributed by atoms with E-state index in [1.165, 1.54) is 57.8 Å².